The van der Waals surface area contributed by atoms with E-state index in [2.05, 4.69) is 15.9 Å². The van der Waals surface area contributed by atoms with Gasteiger partial charge in [-0.1, -0.05) is 0 Å². The van der Waals surface area contributed by atoms with Crippen LogP contribution >= 0.6 is 15.9 Å². The normalized spacial score (nSPS) is 16.3. The number of ether oxygens (including phenoxy) is 2. The molecule has 1 atom stereocenters. The lowest BCUT2D eigenvalue weighted by Crippen LogP contribution is -2.20. The van der Waals surface area contributed by atoms with Gasteiger partial charge < -0.3 is 14.6 Å². The Morgan fingerprint density at radius 3 is 2.62 bits per heavy atom. The molecule has 1 heterocycles. The molecule has 0 fully saturated rings. The number of hydrogen-bond donors (Lipinski definition) is 1. The maximum atomic E-state index is 12.3. The number of fused-ring (bicyclic) bond motifs is 1. The predicted molar refractivity (Wildman–Crippen MR) is 51.3 cm³/mol. The minimum absolute atomic E-state index is 0.0422. The highest BCUT2D eigenvalue weighted by molar-refractivity contribution is 9.10. The number of aliphatic hydroxyl groups excluding tert-OH is 1. The van der Waals surface area contributed by atoms with Gasteiger partial charge in [-0.15, -0.1) is 0 Å². The lowest BCUT2D eigenvalue weighted by molar-refractivity contribution is -0.206. The summed E-state index contributed by atoms with van der Waals surface area (Å²) in [6.07, 6.45) is -7.23. The summed E-state index contributed by atoms with van der Waals surface area (Å²) < 4.78 is 47.1. The number of benzene rings is 1. The topological polar surface area (TPSA) is 38.7 Å². The van der Waals surface area contributed by atoms with Crippen molar-refractivity contribution >= 4 is 15.9 Å². The van der Waals surface area contributed by atoms with Crippen LogP contribution in [0, 0.1) is 0 Å². The standard InChI is InChI=1S/C9H6BrF3O3/c10-5-1-4(8(14)9(11,12)13)2-6-7(5)16-3-15-6/h1-2,8,14H,3H2. The van der Waals surface area contributed by atoms with Crippen LogP contribution in [0.1, 0.15) is 11.7 Å². The van der Waals surface area contributed by atoms with Gasteiger partial charge in [0.05, 0.1) is 4.47 Å². The molecular weight excluding hydrogens is 293 g/mol. The highest BCUT2D eigenvalue weighted by atomic mass is 79.9. The summed E-state index contributed by atoms with van der Waals surface area (Å²) >= 11 is 3.05. The highest BCUT2D eigenvalue weighted by Gasteiger charge is 2.40. The average Bonchev–Trinajstić information content (AvgIpc) is 2.63. The van der Waals surface area contributed by atoms with E-state index in [0.29, 0.717) is 10.2 Å². The molecule has 7 heteroatoms. The van der Waals surface area contributed by atoms with Gasteiger partial charge in [0.2, 0.25) is 6.79 Å². The Kier molecular flexibility index (Phi) is 2.75. The molecule has 0 spiro atoms. The molecule has 0 bridgehead atoms. The minimum atomic E-state index is -4.70. The second-order valence-electron chi connectivity index (χ2n) is 3.18. The molecule has 1 aromatic carbocycles. The van der Waals surface area contributed by atoms with Gasteiger partial charge in [0, 0.05) is 0 Å². The zero-order chi connectivity index (χ0) is 11.9. The Balaban J connectivity index is 2.41. The average molecular weight is 299 g/mol. The monoisotopic (exact) mass is 298 g/mol. The van der Waals surface area contributed by atoms with Gasteiger partial charge in [0.25, 0.3) is 0 Å². The third-order valence-corrected chi connectivity index (χ3v) is 2.66. The summed E-state index contributed by atoms with van der Waals surface area (Å²) in [6, 6.07) is 2.27. The summed E-state index contributed by atoms with van der Waals surface area (Å²) in [5, 5.41) is 9.07. The van der Waals surface area contributed by atoms with Gasteiger partial charge in [0.15, 0.2) is 17.6 Å². The second-order valence-corrected chi connectivity index (χ2v) is 4.03. The lowest BCUT2D eigenvalue weighted by Gasteiger charge is -2.15. The van der Waals surface area contributed by atoms with E-state index < -0.39 is 12.3 Å². The molecule has 0 aromatic heterocycles. The number of rotatable bonds is 1. The molecule has 2 rings (SSSR count). The predicted octanol–water partition coefficient (Wildman–Crippen LogP) is 2.77. The maximum absolute atomic E-state index is 12.3. The van der Waals surface area contributed by atoms with E-state index in [4.69, 9.17) is 14.6 Å². The van der Waals surface area contributed by atoms with Crippen LogP contribution in [0.2, 0.25) is 0 Å². The molecular formula is C9H6BrF3O3. The Morgan fingerprint density at radius 2 is 2.00 bits per heavy atom. The fraction of sp³-hybridized carbons (Fsp3) is 0.333. The van der Waals surface area contributed by atoms with E-state index in [1.54, 1.807) is 0 Å². The molecule has 0 saturated heterocycles. The van der Waals surface area contributed by atoms with Crippen molar-refractivity contribution in [2.24, 2.45) is 0 Å². The Hall–Kier alpha value is -0.950. The SMILES string of the molecule is OC(c1cc(Br)c2c(c1)OCO2)C(F)(F)F. The number of halogens is 4. The summed E-state index contributed by atoms with van der Waals surface area (Å²) in [7, 11) is 0. The summed E-state index contributed by atoms with van der Waals surface area (Å²) in [4.78, 5) is 0. The van der Waals surface area contributed by atoms with E-state index in [9.17, 15) is 13.2 Å². The fourth-order valence-electron chi connectivity index (χ4n) is 1.33. The van der Waals surface area contributed by atoms with Gasteiger partial charge in [-0.3, -0.25) is 0 Å². The summed E-state index contributed by atoms with van der Waals surface area (Å²) in [6.45, 7) is -0.0422. The molecule has 88 valence electrons. The first-order chi connectivity index (χ1) is 7.39. The molecule has 3 nitrogen and oxygen atoms in total. The van der Waals surface area contributed by atoms with Crippen molar-refractivity contribution in [3.05, 3.63) is 22.2 Å². The quantitative estimate of drug-likeness (QED) is 0.866. The van der Waals surface area contributed by atoms with Crippen molar-refractivity contribution in [3.8, 4) is 11.5 Å². The van der Waals surface area contributed by atoms with Crippen molar-refractivity contribution in [1.82, 2.24) is 0 Å². The van der Waals surface area contributed by atoms with E-state index in [0.717, 1.165) is 12.1 Å². The highest BCUT2D eigenvalue weighted by Crippen LogP contribution is 2.43. The van der Waals surface area contributed by atoms with Crippen LogP contribution in [0.3, 0.4) is 0 Å². The number of aliphatic hydroxyl groups is 1. The van der Waals surface area contributed by atoms with Crippen molar-refractivity contribution in [2.75, 3.05) is 6.79 Å². The van der Waals surface area contributed by atoms with Crippen LogP contribution in [-0.4, -0.2) is 18.1 Å². The third kappa shape index (κ3) is 1.97. The van der Waals surface area contributed by atoms with Crippen molar-refractivity contribution in [2.45, 2.75) is 12.3 Å². The van der Waals surface area contributed by atoms with E-state index in [-0.39, 0.29) is 18.1 Å². The largest absolute Gasteiger partial charge is 0.454 e. The van der Waals surface area contributed by atoms with Crippen LogP contribution in [0.15, 0.2) is 16.6 Å². The van der Waals surface area contributed by atoms with Gasteiger partial charge in [-0.25, -0.2) is 0 Å². The van der Waals surface area contributed by atoms with E-state index in [1.807, 2.05) is 0 Å². The molecule has 1 unspecified atom stereocenters. The minimum Gasteiger partial charge on any atom is -0.454 e. The third-order valence-electron chi connectivity index (χ3n) is 2.08. The molecule has 1 aromatic rings. The van der Waals surface area contributed by atoms with Crippen molar-refractivity contribution < 1.29 is 27.8 Å². The zero-order valence-electron chi connectivity index (χ0n) is 7.71. The van der Waals surface area contributed by atoms with Gasteiger partial charge in [-0.2, -0.15) is 13.2 Å². The smallest absolute Gasteiger partial charge is 0.418 e. The zero-order valence-corrected chi connectivity index (χ0v) is 9.30. The molecule has 1 aliphatic heterocycles. The van der Waals surface area contributed by atoms with Crippen LogP contribution in [0.5, 0.6) is 11.5 Å². The van der Waals surface area contributed by atoms with E-state index >= 15 is 0 Å². The van der Waals surface area contributed by atoms with E-state index in [1.165, 1.54) is 0 Å². The molecule has 16 heavy (non-hydrogen) atoms. The van der Waals surface area contributed by atoms with Crippen LogP contribution in [0.4, 0.5) is 13.2 Å². The Labute approximate surface area is 96.9 Å². The lowest BCUT2D eigenvalue weighted by atomic mass is 10.1. The van der Waals surface area contributed by atoms with Gasteiger partial charge in [0.1, 0.15) is 0 Å². The molecule has 1 aliphatic rings. The van der Waals surface area contributed by atoms with Crippen LogP contribution in [0.25, 0.3) is 0 Å². The Morgan fingerprint density at radius 1 is 1.31 bits per heavy atom. The van der Waals surface area contributed by atoms with Crippen molar-refractivity contribution in [3.63, 3.8) is 0 Å². The number of alkyl halides is 3. The van der Waals surface area contributed by atoms with Crippen LogP contribution < -0.4 is 9.47 Å². The first kappa shape index (κ1) is 11.5. The van der Waals surface area contributed by atoms with Gasteiger partial charge in [-0.05, 0) is 33.6 Å². The molecule has 1 N–H and O–H groups in total. The molecule has 0 aliphatic carbocycles. The number of hydrogen-bond acceptors (Lipinski definition) is 3. The first-order valence-corrected chi connectivity index (χ1v) is 5.02. The second kappa shape index (κ2) is 3.81. The van der Waals surface area contributed by atoms with Crippen molar-refractivity contribution in [1.29, 1.82) is 0 Å². The summed E-state index contributed by atoms with van der Waals surface area (Å²) in [5.41, 5.74) is -0.288. The Bertz CT molecular complexity index is 419. The fourth-order valence-corrected chi connectivity index (χ4v) is 1.91. The van der Waals surface area contributed by atoms with Crippen LogP contribution in [-0.2, 0) is 0 Å². The summed E-state index contributed by atoms with van der Waals surface area (Å²) in [5.74, 6) is 0.533. The molecule has 0 saturated carbocycles. The first-order valence-electron chi connectivity index (χ1n) is 4.23. The molecule has 0 amide bonds. The molecule has 0 radical (unpaired) electrons. The maximum Gasteiger partial charge on any atom is 0.418 e. The van der Waals surface area contributed by atoms with Gasteiger partial charge >= 0.3 is 6.18 Å².